The van der Waals surface area contributed by atoms with Crippen molar-refractivity contribution in [2.45, 2.75) is 12.6 Å². The average Bonchev–Trinajstić information content (AvgIpc) is 2.79. The summed E-state index contributed by atoms with van der Waals surface area (Å²) in [4.78, 5) is 2.46. The summed E-state index contributed by atoms with van der Waals surface area (Å²) >= 11 is 5.68. The molecule has 2 heterocycles. The highest BCUT2D eigenvalue weighted by molar-refractivity contribution is 7.80. The Hall–Kier alpha value is -3.45. The molecule has 1 unspecified atom stereocenters. The van der Waals surface area contributed by atoms with Crippen LogP contribution in [0.1, 0.15) is 17.3 Å². The Morgan fingerprint density at radius 1 is 1.00 bits per heavy atom. The van der Waals surface area contributed by atoms with Gasteiger partial charge in [-0.15, -0.1) is 0 Å². The average molecular weight is 436 g/mol. The topological polar surface area (TPSA) is 33.7 Å². The number of hydrogen-bond donors (Lipinski definition) is 1. The molecule has 4 nitrogen and oxygen atoms in total. The normalized spacial score (nSPS) is 17.5. The molecule has 31 heavy (non-hydrogen) atoms. The van der Waals surface area contributed by atoms with Crippen LogP contribution in [0.3, 0.4) is 0 Å². The van der Waals surface area contributed by atoms with Crippen molar-refractivity contribution in [3.63, 3.8) is 0 Å². The Balaban J connectivity index is 1.67. The number of thiocarbonyl (C=S) groups is 1. The molecule has 156 valence electrons. The minimum absolute atomic E-state index is 0.331. The highest BCUT2D eigenvalue weighted by Gasteiger charge is 2.38. The minimum Gasteiger partial charge on any atom is -0.493 e. The second-order valence-electron chi connectivity index (χ2n) is 7.29. The van der Waals surface area contributed by atoms with Crippen LogP contribution in [0.4, 0.5) is 14.5 Å². The van der Waals surface area contributed by atoms with Crippen molar-refractivity contribution in [3.05, 3.63) is 101 Å². The van der Waals surface area contributed by atoms with Gasteiger partial charge in [-0.3, -0.25) is 4.90 Å². The number of rotatable bonds is 3. The van der Waals surface area contributed by atoms with Gasteiger partial charge in [-0.05, 0) is 48.0 Å². The lowest BCUT2D eigenvalue weighted by molar-refractivity contribution is 0.327. The lowest BCUT2D eigenvalue weighted by atomic mass is 9.98. The summed E-state index contributed by atoms with van der Waals surface area (Å²) in [6.45, 7) is 0. The third-order valence-corrected chi connectivity index (χ3v) is 5.78. The summed E-state index contributed by atoms with van der Waals surface area (Å²) in [6, 6.07) is 18.0. The molecule has 3 aromatic carbocycles. The highest BCUT2D eigenvalue weighted by Crippen LogP contribution is 2.44. The van der Waals surface area contributed by atoms with Crippen molar-refractivity contribution in [1.82, 2.24) is 5.32 Å². The first-order valence-corrected chi connectivity index (χ1v) is 10.1. The van der Waals surface area contributed by atoms with Gasteiger partial charge in [0.15, 0.2) is 11.5 Å². The molecule has 1 atom stereocenters. The van der Waals surface area contributed by atoms with Gasteiger partial charge in [0.25, 0.3) is 0 Å². The lowest BCUT2D eigenvalue weighted by Crippen LogP contribution is -2.49. The molecular weight excluding hydrogens is 418 g/mol. The standard InChI is InChI=1S/C24H18F2N2O2S/c1-29-20-4-2-3-15-13-19-23(31)27-22(14-5-7-16(25)8-6-14)28(24(19)30-21(15)20)18-11-9-17(26)10-12-18/h2-12,22H,13H2,1H3,(H,27,31). The zero-order valence-electron chi connectivity index (χ0n) is 16.6. The van der Waals surface area contributed by atoms with E-state index in [1.54, 1.807) is 31.4 Å². The Labute approximate surface area is 183 Å². The molecule has 0 aromatic heterocycles. The maximum atomic E-state index is 13.7. The fraction of sp³-hybridized carbons (Fsp3) is 0.125. The van der Waals surface area contributed by atoms with Gasteiger partial charge in [0.1, 0.15) is 22.8 Å². The SMILES string of the molecule is COc1cccc2c1OC1=C(C2)C(=S)NC(c2ccc(F)cc2)N1c1ccc(F)cc1. The van der Waals surface area contributed by atoms with E-state index < -0.39 is 6.17 Å². The Morgan fingerprint density at radius 3 is 2.35 bits per heavy atom. The summed E-state index contributed by atoms with van der Waals surface area (Å²) in [7, 11) is 1.59. The van der Waals surface area contributed by atoms with Crippen molar-refractivity contribution in [2.24, 2.45) is 0 Å². The number of ether oxygens (including phenoxy) is 2. The maximum absolute atomic E-state index is 13.7. The van der Waals surface area contributed by atoms with Crippen molar-refractivity contribution in [1.29, 1.82) is 0 Å². The first-order chi connectivity index (χ1) is 15.0. The molecule has 0 aliphatic carbocycles. The van der Waals surface area contributed by atoms with Crippen LogP contribution in [0.15, 0.2) is 78.2 Å². The number of halogens is 2. The lowest BCUT2D eigenvalue weighted by Gasteiger charge is -2.43. The summed E-state index contributed by atoms with van der Waals surface area (Å²) in [5.41, 5.74) is 3.27. The van der Waals surface area contributed by atoms with Gasteiger partial charge in [0, 0.05) is 17.7 Å². The van der Waals surface area contributed by atoms with E-state index in [0.29, 0.717) is 34.5 Å². The molecule has 0 saturated carbocycles. The fourth-order valence-corrected chi connectivity index (χ4v) is 4.18. The van der Waals surface area contributed by atoms with Crippen LogP contribution in [0.25, 0.3) is 0 Å². The smallest absolute Gasteiger partial charge is 0.209 e. The van der Waals surface area contributed by atoms with E-state index in [4.69, 9.17) is 21.7 Å². The third kappa shape index (κ3) is 3.41. The molecule has 0 radical (unpaired) electrons. The predicted octanol–water partition coefficient (Wildman–Crippen LogP) is 5.26. The van der Waals surface area contributed by atoms with E-state index in [1.165, 1.54) is 24.3 Å². The number of hydrogen-bond acceptors (Lipinski definition) is 4. The van der Waals surface area contributed by atoms with Crippen molar-refractivity contribution in [3.8, 4) is 11.5 Å². The van der Waals surface area contributed by atoms with Crippen LogP contribution in [0.5, 0.6) is 11.5 Å². The summed E-state index contributed by atoms with van der Waals surface area (Å²) in [5, 5.41) is 3.35. The van der Waals surface area contributed by atoms with Crippen molar-refractivity contribution in [2.75, 3.05) is 12.0 Å². The Kier molecular flexibility index (Phi) is 4.82. The van der Waals surface area contributed by atoms with Crippen LogP contribution in [-0.2, 0) is 6.42 Å². The third-order valence-electron chi connectivity index (χ3n) is 5.41. The van der Waals surface area contributed by atoms with Gasteiger partial charge in [0.2, 0.25) is 5.88 Å². The van der Waals surface area contributed by atoms with Crippen LogP contribution in [0, 0.1) is 11.6 Å². The molecule has 2 aliphatic heterocycles. The van der Waals surface area contributed by atoms with Gasteiger partial charge in [0.05, 0.1) is 12.7 Å². The zero-order chi connectivity index (χ0) is 21.5. The van der Waals surface area contributed by atoms with Gasteiger partial charge in [-0.2, -0.15) is 0 Å². The predicted molar refractivity (Wildman–Crippen MR) is 118 cm³/mol. The van der Waals surface area contributed by atoms with E-state index in [-0.39, 0.29) is 11.6 Å². The van der Waals surface area contributed by atoms with E-state index >= 15 is 0 Å². The maximum Gasteiger partial charge on any atom is 0.209 e. The van der Waals surface area contributed by atoms with Gasteiger partial charge in [-0.1, -0.05) is 36.5 Å². The van der Waals surface area contributed by atoms with Gasteiger partial charge < -0.3 is 14.8 Å². The van der Waals surface area contributed by atoms with Crippen LogP contribution < -0.4 is 19.7 Å². The Morgan fingerprint density at radius 2 is 1.68 bits per heavy atom. The molecule has 7 heteroatoms. The van der Waals surface area contributed by atoms with Gasteiger partial charge in [-0.25, -0.2) is 8.78 Å². The molecule has 3 aromatic rings. The molecule has 2 aliphatic rings. The first kappa shape index (κ1) is 19.5. The highest BCUT2D eigenvalue weighted by atomic mass is 32.1. The number of anilines is 1. The minimum atomic E-state index is -0.464. The fourth-order valence-electron chi connectivity index (χ4n) is 3.91. The van der Waals surface area contributed by atoms with Crippen LogP contribution >= 0.6 is 12.2 Å². The molecule has 5 rings (SSSR count). The number of nitrogens with zero attached hydrogens (tertiary/aromatic N) is 1. The molecule has 0 amide bonds. The Bertz CT molecular complexity index is 1190. The number of benzene rings is 3. The summed E-state index contributed by atoms with van der Waals surface area (Å²) in [6.07, 6.45) is 0.0928. The number of fused-ring (bicyclic) bond motifs is 1. The summed E-state index contributed by atoms with van der Waals surface area (Å²) in [5.74, 6) is 1.11. The van der Waals surface area contributed by atoms with Crippen molar-refractivity contribution < 1.29 is 18.3 Å². The monoisotopic (exact) mass is 436 g/mol. The number of methoxy groups -OCH3 is 1. The van der Waals surface area contributed by atoms with E-state index in [1.807, 2.05) is 23.1 Å². The quantitative estimate of drug-likeness (QED) is 0.567. The van der Waals surface area contributed by atoms with E-state index in [9.17, 15) is 8.78 Å². The second-order valence-corrected chi connectivity index (χ2v) is 7.69. The molecule has 0 bridgehead atoms. The van der Waals surface area contributed by atoms with Gasteiger partial charge >= 0.3 is 0 Å². The van der Waals surface area contributed by atoms with E-state index in [0.717, 1.165) is 16.7 Å². The first-order valence-electron chi connectivity index (χ1n) is 9.73. The molecule has 0 saturated heterocycles. The van der Waals surface area contributed by atoms with Crippen LogP contribution in [0.2, 0.25) is 0 Å². The van der Waals surface area contributed by atoms with Crippen LogP contribution in [-0.4, -0.2) is 12.1 Å². The molecule has 0 spiro atoms. The van der Waals surface area contributed by atoms with Crippen molar-refractivity contribution >= 4 is 22.9 Å². The number of nitrogens with one attached hydrogen (secondary N) is 1. The molecule has 1 N–H and O–H groups in total. The zero-order valence-corrected chi connectivity index (χ0v) is 17.4. The summed E-state index contributed by atoms with van der Waals surface area (Å²) < 4.78 is 39.1. The second kappa shape index (κ2) is 7.67. The largest absolute Gasteiger partial charge is 0.493 e. The molecular formula is C24H18F2N2O2S. The van der Waals surface area contributed by atoms with E-state index in [2.05, 4.69) is 5.32 Å². The molecule has 0 fully saturated rings. The number of para-hydroxylation sites is 1.